The Labute approximate surface area is 235 Å². The minimum Gasteiger partial charge on any atom is -0.343 e. The second-order valence-electron chi connectivity index (χ2n) is 9.72. The van der Waals surface area contributed by atoms with Crippen LogP contribution in [-0.2, 0) is 20.8 Å². The predicted molar refractivity (Wildman–Crippen MR) is 143 cm³/mol. The number of carbonyl (C=O) groups is 2. The SMILES string of the molecule is [C-]#[N+]C1=C(C)N(c2cccc(C(F)(F)F)c2)C(=O)N[C@@H]1c1ccc(C#N)cc1S(=O)(=O)CCC(=O)N1CCCCC1. The van der Waals surface area contributed by atoms with E-state index in [4.69, 9.17) is 6.57 Å². The molecular formula is C28H26F3N5O4S. The number of nitriles is 1. The molecule has 4 rings (SSSR count). The van der Waals surface area contributed by atoms with E-state index < -0.39 is 39.4 Å². The lowest BCUT2D eigenvalue weighted by atomic mass is 9.99. The number of hydrogen-bond donors (Lipinski definition) is 1. The molecule has 9 nitrogen and oxygen atoms in total. The maximum absolute atomic E-state index is 13.5. The fraction of sp³-hybridized carbons (Fsp3) is 0.357. The lowest BCUT2D eigenvalue weighted by Gasteiger charge is -2.35. The van der Waals surface area contributed by atoms with Gasteiger partial charge in [0.05, 0.1) is 40.5 Å². The highest BCUT2D eigenvalue weighted by molar-refractivity contribution is 7.91. The van der Waals surface area contributed by atoms with E-state index in [1.165, 1.54) is 25.1 Å². The Hall–Kier alpha value is -4.36. The number of nitrogens with one attached hydrogen (secondary N) is 1. The summed E-state index contributed by atoms with van der Waals surface area (Å²) in [7, 11) is -4.17. The maximum Gasteiger partial charge on any atom is 0.416 e. The minimum atomic E-state index is -4.66. The average Bonchev–Trinajstić information content (AvgIpc) is 2.95. The van der Waals surface area contributed by atoms with E-state index >= 15 is 0 Å². The summed E-state index contributed by atoms with van der Waals surface area (Å²) in [6.45, 7) is 10.3. The van der Waals surface area contributed by atoms with Crippen LogP contribution >= 0.6 is 0 Å². The molecule has 13 heteroatoms. The monoisotopic (exact) mass is 585 g/mol. The molecule has 0 radical (unpaired) electrons. The number of nitrogens with zero attached hydrogens (tertiary/aromatic N) is 4. The van der Waals surface area contributed by atoms with Crippen molar-refractivity contribution in [1.82, 2.24) is 10.2 Å². The molecular weight excluding hydrogens is 559 g/mol. The van der Waals surface area contributed by atoms with Gasteiger partial charge >= 0.3 is 12.2 Å². The third kappa shape index (κ3) is 6.20. The average molecular weight is 586 g/mol. The molecule has 2 heterocycles. The van der Waals surface area contributed by atoms with Gasteiger partial charge in [0.15, 0.2) is 9.84 Å². The van der Waals surface area contributed by atoms with Gasteiger partial charge in [-0.3, -0.25) is 9.69 Å². The topological polar surface area (TPSA) is 115 Å². The number of sulfone groups is 1. The molecule has 2 aromatic rings. The van der Waals surface area contributed by atoms with Gasteiger partial charge in [0.1, 0.15) is 0 Å². The second-order valence-corrected chi connectivity index (χ2v) is 11.8. The van der Waals surface area contributed by atoms with Crippen molar-refractivity contribution in [3.05, 3.63) is 82.0 Å². The number of piperidine rings is 1. The Balaban J connectivity index is 1.72. The summed E-state index contributed by atoms with van der Waals surface area (Å²) in [4.78, 5) is 31.6. The number of amides is 3. The molecule has 1 fully saturated rings. The fourth-order valence-electron chi connectivity index (χ4n) is 4.98. The van der Waals surface area contributed by atoms with Crippen molar-refractivity contribution >= 4 is 27.5 Å². The van der Waals surface area contributed by atoms with Gasteiger partial charge in [-0.25, -0.2) is 18.1 Å². The predicted octanol–water partition coefficient (Wildman–Crippen LogP) is 5.18. The van der Waals surface area contributed by atoms with Gasteiger partial charge < -0.3 is 10.2 Å². The molecule has 1 N–H and O–H groups in total. The first-order valence-corrected chi connectivity index (χ1v) is 14.4. The van der Waals surface area contributed by atoms with Crippen LogP contribution in [0.5, 0.6) is 0 Å². The quantitative estimate of drug-likeness (QED) is 0.470. The van der Waals surface area contributed by atoms with Crippen LogP contribution in [0.25, 0.3) is 4.85 Å². The van der Waals surface area contributed by atoms with Crippen molar-refractivity contribution in [2.24, 2.45) is 0 Å². The first-order valence-electron chi connectivity index (χ1n) is 12.8. The van der Waals surface area contributed by atoms with Crippen LogP contribution in [0.15, 0.2) is 58.8 Å². The first kappa shape index (κ1) is 29.6. The zero-order valence-corrected chi connectivity index (χ0v) is 22.8. The molecule has 1 saturated heterocycles. The lowest BCUT2D eigenvalue weighted by Crippen LogP contribution is -2.46. The maximum atomic E-state index is 13.5. The van der Waals surface area contributed by atoms with E-state index in [1.54, 1.807) is 4.90 Å². The van der Waals surface area contributed by atoms with Crippen LogP contribution in [0.1, 0.15) is 55.3 Å². The van der Waals surface area contributed by atoms with Crippen molar-refractivity contribution in [1.29, 1.82) is 5.26 Å². The number of halogens is 3. The van der Waals surface area contributed by atoms with Crippen molar-refractivity contribution < 1.29 is 31.2 Å². The lowest BCUT2D eigenvalue weighted by molar-refractivity contribution is -0.137. The summed E-state index contributed by atoms with van der Waals surface area (Å²) in [5.41, 5.74) is -1.18. The standard InChI is InChI=1S/C28H26F3N5O4S/c1-18-25(33-2)26(34-27(38)36(18)21-8-6-7-20(16-21)28(29,30)31)22-10-9-19(17-32)15-23(22)41(39,40)14-11-24(37)35-12-4-3-5-13-35/h6-10,15-16,26H,3-5,11-14H2,1H3,(H,34,38)/t26-/m1/s1. The largest absolute Gasteiger partial charge is 0.416 e. The van der Waals surface area contributed by atoms with Gasteiger partial charge in [-0.05, 0) is 62.1 Å². The Morgan fingerprint density at radius 3 is 2.51 bits per heavy atom. The first-order chi connectivity index (χ1) is 19.4. The highest BCUT2D eigenvalue weighted by Crippen LogP contribution is 2.39. The van der Waals surface area contributed by atoms with Crippen molar-refractivity contribution in [3.63, 3.8) is 0 Å². The smallest absolute Gasteiger partial charge is 0.343 e. The van der Waals surface area contributed by atoms with E-state index in [-0.39, 0.29) is 45.4 Å². The molecule has 2 aromatic carbocycles. The number of likely N-dealkylation sites (tertiary alicyclic amines) is 1. The van der Waals surface area contributed by atoms with E-state index in [0.29, 0.717) is 13.1 Å². The van der Waals surface area contributed by atoms with Crippen molar-refractivity contribution in [2.45, 2.75) is 49.7 Å². The van der Waals surface area contributed by atoms with Crippen LogP contribution in [0.3, 0.4) is 0 Å². The number of rotatable bonds is 6. The Kier molecular flexibility index (Phi) is 8.40. The molecule has 2 aliphatic heterocycles. The molecule has 1 atom stereocenters. The highest BCUT2D eigenvalue weighted by atomic mass is 32.2. The molecule has 214 valence electrons. The molecule has 0 saturated carbocycles. The molecule has 0 bridgehead atoms. The third-order valence-corrected chi connectivity index (χ3v) is 8.85. The fourth-order valence-corrected chi connectivity index (χ4v) is 6.49. The number of allylic oxidation sites excluding steroid dienone is 1. The Morgan fingerprint density at radius 1 is 1.17 bits per heavy atom. The van der Waals surface area contributed by atoms with E-state index in [1.807, 2.05) is 6.07 Å². The number of urea groups is 1. The third-order valence-electron chi connectivity index (χ3n) is 7.08. The summed E-state index contributed by atoms with van der Waals surface area (Å²) in [5.74, 6) is -0.844. The van der Waals surface area contributed by atoms with Crippen LogP contribution in [0, 0.1) is 17.9 Å². The van der Waals surface area contributed by atoms with Crippen LogP contribution in [-0.4, -0.2) is 44.1 Å². The zero-order valence-electron chi connectivity index (χ0n) is 22.0. The summed E-state index contributed by atoms with van der Waals surface area (Å²) in [6.07, 6.45) is -2.25. The molecule has 2 aliphatic rings. The summed E-state index contributed by atoms with van der Waals surface area (Å²) < 4.78 is 67.0. The zero-order chi connectivity index (χ0) is 29.9. The van der Waals surface area contributed by atoms with Crippen LogP contribution < -0.4 is 10.2 Å². The molecule has 0 unspecified atom stereocenters. The second kappa shape index (κ2) is 11.6. The number of hydrogen-bond acceptors (Lipinski definition) is 5. The van der Waals surface area contributed by atoms with Gasteiger partial charge in [-0.2, -0.15) is 18.4 Å². The minimum absolute atomic E-state index is 0.0109. The van der Waals surface area contributed by atoms with Crippen LogP contribution in [0.4, 0.5) is 23.7 Å². The van der Waals surface area contributed by atoms with Crippen molar-refractivity contribution in [2.75, 3.05) is 23.7 Å². The van der Waals surface area contributed by atoms with Crippen LogP contribution in [0.2, 0.25) is 0 Å². The number of anilines is 1. The van der Waals surface area contributed by atoms with Gasteiger partial charge in [0.25, 0.3) is 0 Å². The molecule has 3 amide bonds. The van der Waals surface area contributed by atoms with Crippen molar-refractivity contribution in [3.8, 4) is 6.07 Å². The Morgan fingerprint density at radius 2 is 1.88 bits per heavy atom. The summed E-state index contributed by atoms with van der Waals surface area (Å²) >= 11 is 0. The van der Waals surface area contributed by atoms with E-state index in [9.17, 15) is 36.4 Å². The normalized spacial score (nSPS) is 18.0. The molecule has 0 spiro atoms. The molecule has 0 aromatic heterocycles. The number of carbonyl (C=O) groups excluding carboxylic acids is 2. The van der Waals surface area contributed by atoms with Gasteiger partial charge in [-0.15, -0.1) is 0 Å². The van der Waals surface area contributed by atoms with Gasteiger partial charge in [-0.1, -0.05) is 12.1 Å². The highest BCUT2D eigenvalue weighted by Gasteiger charge is 2.38. The molecule has 0 aliphatic carbocycles. The van der Waals surface area contributed by atoms with E-state index in [0.717, 1.165) is 48.4 Å². The van der Waals surface area contributed by atoms with E-state index in [2.05, 4.69) is 10.2 Å². The summed E-state index contributed by atoms with van der Waals surface area (Å²) in [6, 6.07) is 7.60. The Bertz CT molecular complexity index is 1600. The number of benzene rings is 2. The van der Waals surface area contributed by atoms with Gasteiger partial charge in [0.2, 0.25) is 11.6 Å². The number of alkyl halides is 3. The molecule has 41 heavy (non-hydrogen) atoms. The van der Waals surface area contributed by atoms with Gasteiger partial charge in [0, 0.05) is 30.9 Å². The summed E-state index contributed by atoms with van der Waals surface area (Å²) in [5, 5.41) is 12.0.